The summed E-state index contributed by atoms with van der Waals surface area (Å²) in [6.45, 7) is 0.616. The molecule has 9 nitrogen and oxygen atoms in total. The molecule has 9 heteroatoms. The highest BCUT2D eigenvalue weighted by molar-refractivity contribution is 5.74. The van der Waals surface area contributed by atoms with Crippen molar-refractivity contribution in [1.29, 1.82) is 0 Å². The smallest absolute Gasteiger partial charge is 0.323 e. The molecule has 0 bridgehead atoms. The molecule has 0 saturated carbocycles. The van der Waals surface area contributed by atoms with Crippen LogP contribution in [-0.2, 0) is 9.53 Å². The molecular formula is C10H19NO8. The summed E-state index contributed by atoms with van der Waals surface area (Å²) in [6, 6.07) is -1.43. The van der Waals surface area contributed by atoms with Gasteiger partial charge in [0, 0.05) is 0 Å². The third kappa shape index (κ3) is 3.60. The van der Waals surface area contributed by atoms with Gasteiger partial charge in [0.25, 0.3) is 0 Å². The predicted octanol–water partition coefficient (Wildman–Crippen LogP) is -3.79. The zero-order chi connectivity index (χ0) is 14.7. The average Bonchev–Trinajstić information content (AvgIpc) is 2.34. The van der Waals surface area contributed by atoms with E-state index in [-0.39, 0.29) is 0 Å². The molecule has 1 aliphatic rings. The Balaban J connectivity index is 2.78. The Hall–Kier alpha value is -0.810. The van der Waals surface area contributed by atoms with Gasteiger partial charge in [-0.1, -0.05) is 0 Å². The van der Waals surface area contributed by atoms with Crippen molar-refractivity contribution in [2.24, 2.45) is 0 Å². The summed E-state index contributed by atoms with van der Waals surface area (Å²) in [5, 5.41) is 58.2. The maximum Gasteiger partial charge on any atom is 0.323 e. The molecule has 0 radical (unpaired) electrons. The van der Waals surface area contributed by atoms with E-state index in [2.05, 4.69) is 5.32 Å². The number of carboxylic acids is 1. The normalized spacial score (nSPS) is 38.7. The fourth-order valence-electron chi connectivity index (χ4n) is 1.83. The average molecular weight is 281 g/mol. The van der Waals surface area contributed by atoms with Gasteiger partial charge >= 0.3 is 5.97 Å². The number of nitrogens with one attached hydrogen (secondary N) is 1. The molecule has 1 saturated heterocycles. The molecule has 7 atom stereocenters. The molecule has 0 amide bonds. The molecule has 1 heterocycles. The van der Waals surface area contributed by atoms with E-state index in [0.717, 1.165) is 0 Å². The lowest BCUT2D eigenvalue weighted by molar-refractivity contribution is -0.239. The number of rotatable bonds is 5. The Kier molecular flexibility index (Phi) is 5.62. The standard InChI is InChI=1S/C10H19NO8/c1-3(13)5(10(17)18)11-9-8(16)7(15)6(14)4(2-12)19-9/h3-9,11-16H,2H2,1H3,(H,17,18)/t3-,4-,5+,6-,7+,8-,9?/m1/s1. The Bertz CT molecular complexity index is 310. The van der Waals surface area contributed by atoms with E-state index >= 15 is 0 Å². The van der Waals surface area contributed by atoms with Crippen LogP contribution in [0, 0.1) is 0 Å². The molecule has 1 rings (SSSR count). The van der Waals surface area contributed by atoms with Crippen LogP contribution in [0.3, 0.4) is 0 Å². The minimum absolute atomic E-state index is 0.616. The van der Waals surface area contributed by atoms with E-state index in [1.807, 2.05) is 0 Å². The maximum atomic E-state index is 10.9. The van der Waals surface area contributed by atoms with Crippen LogP contribution in [0.1, 0.15) is 6.92 Å². The highest BCUT2D eigenvalue weighted by atomic mass is 16.6. The summed E-state index contributed by atoms with van der Waals surface area (Å²) in [5.41, 5.74) is 0. The van der Waals surface area contributed by atoms with Gasteiger partial charge in [-0.3, -0.25) is 10.1 Å². The van der Waals surface area contributed by atoms with Crippen LogP contribution >= 0.6 is 0 Å². The lowest BCUT2D eigenvalue weighted by Crippen LogP contribution is -2.65. The number of aliphatic hydroxyl groups excluding tert-OH is 5. The third-order valence-corrected chi connectivity index (χ3v) is 2.98. The second kappa shape index (κ2) is 6.57. The summed E-state index contributed by atoms with van der Waals surface area (Å²) in [4.78, 5) is 10.9. The lowest BCUT2D eigenvalue weighted by Gasteiger charge is -2.41. The first-order valence-corrected chi connectivity index (χ1v) is 5.77. The van der Waals surface area contributed by atoms with Gasteiger partial charge in [-0.2, -0.15) is 0 Å². The molecule has 19 heavy (non-hydrogen) atoms. The zero-order valence-electron chi connectivity index (χ0n) is 10.2. The van der Waals surface area contributed by atoms with Crippen molar-refractivity contribution in [2.75, 3.05) is 6.61 Å². The molecule has 112 valence electrons. The lowest BCUT2D eigenvalue weighted by atomic mass is 9.98. The van der Waals surface area contributed by atoms with Crippen molar-refractivity contribution in [3.05, 3.63) is 0 Å². The molecule has 0 aliphatic carbocycles. The topological polar surface area (TPSA) is 160 Å². The molecule has 0 spiro atoms. The van der Waals surface area contributed by atoms with Gasteiger partial charge in [0.1, 0.15) is 36.7 Å². The van der Waals surface area contributed by atoms with Gasteiger partial charge in [-0.05, 0) is 6.92 Å². The van der Waals surface area contributed by atoms with Crippen LogP contribution in [0.5, 0.6) is 0 Å². The van der Waals surface area contributed by atoms with Gasteiger partial charge < -0.3 is 35.4 Å². The van der Waals surface area contributed by atoms with Crippen LogP contribution in [-0.4, -0.2) is 86.0 Å². The summed E-state index contributed by atoms with van der Waals surface area (Å²) in [7, 11) is 0. The minimum atomic E-state index is -1.60. The van der Waals surface area contributed by atoms with Gasteiger partial charge in [0.2, 0.25) is 0 Å². The highest BCUT2D eigenvalue weighted by Crippen LogP contribution is 2.20. The fraction of sp³-hybridized carbons (Fsp3) is 0.900. The Morgan fingerprint density at radius 2 is 1.84 bits per heavy atom. The van der Waals surface area contributed by atoms with Crippen molar-refractivity contribution < 1.29 is 40.2 Å². The Morgan fingerprint density at radius 3 is 2.26 bits per heavy atom. The second-order valence-corrected chi connectivity index (χ2v) is 4.47. The summed E-state index contributed by atoms with van der Waals surface area (Å²) >= 11 is 0. The van der Waals surface area contributed by atoms with Crippen LogP contribution in [0.2, 0.25) is 0 Å². The molecule has 0 aromatic carbocycles. The number of ether oxygens (including phenoxy) is 1. The Labute approximate surface area is 109 Å². The molecule has 0 aromatic rings. The van der Waals surface area contributed by atoms with Crippen molar-refractivity contribution >= 4 is 5.97 Å². The number of hydrogen-bond donors (Lipinski definition) is 7. The number of carbonyl (C=O) groups is 1. The van der Waals surface area contributed by atoms with Crippen molar-refractivity contribution in [2.45, 2.75) is 49.7 Å². The van der Waals surface area contributed by atoms with Crippen molar-refractivity contribution in [3.8, 4) is 0 Å². The number of aliphatic carboxylic acids is 1. The minimum Gasteiger partial charge on any atom is -0.480 e. The quantitative estimate of drug-likeness (QED) is 0.268. The third-order valence-electron chi connectivity index (χ3n) is 2.98. The van der Waals surface area contributed by atoms with Gasteiger partial charge in [0.05, 0.1) is 12.7 Å². The van der Waals surface area contributed by atoms with E-state index in [1.165, 1.54) is 6.92 Å². The van der Waals surface area contributed by atoms with Crippen molar-refractivity contribution in [1.82, 2.24) is 5.32 Å². The first-order valence-electron chi connectivity index (χ1n) is 5.77. The number of carboxylic acid groups (broad SMARTS) is 1. The van der Waals surface area contributed by atoms with E-state index in [0.29, 0.717) is 0 Å². The monoisotopic (exact) mass is 281 g/mol. The Morgan fingerprint density at radius 1 is 1.26 bits per heavy atom. The maximum absolute atomic E-state index is 10.9. The summed E-state index contributed by atoms with van der Waals surface area (Å²) < 4.78 is 5.07. The first-order chi connectivity index (χ1) is 8.79. The molecule has 0 aromatic heterocycles. The summed E-state index contributed by atoms with van der Waals surface area (Å²) in [5.74, 6) is -1.37. The largest absolute Gasteiger partial charge is 0.480 e. The molecule has 1 fully saturated rings. The van der Waals surface area contributed by atoms with E-state index in [4.69, 9.17) is 14.9 Å². The number of aliphatic hydroxyl groups is 5. The fourth-order valence-corrected chi connectivity index (χ4v) is 1.83. The van der Waals surface area contributed by atoms with Gasteiger partial charge in [-0.25, -0.2) is 0 Å². The summed E-state index contributed by atoms with van der Waals surface area (Å²) in [6.07, 6.45) is -8.48. The van der Waals surface area contributed by atoms with Crippen LogP contribution in [0.25, 0.3) is 0 Å². The predicted molar refractivity (Wildman–Crippen MR) is 60.0 cm³/mol. The van der Waals surface area contributed by atoms with Crippen LogP contribution in [0.4, 0.5) is 0 Å². The number of hydrogen-bond acceptors (Lipinski definition) is 8. The van der Waals surface area contributed by atoms with Crippen LogP contribution in [0.15, 0.2) is 0 Å². The van der Waals surface area contributed by atoms with E-state index in [1.54, 1.807) is 0 Å². The van der Waals surface area contributed by atoms with Gasteiger partial charge in [0.15, 0.2) is 0 Å². The first kappa shape index (κ1) is 16.2. The van der Waals surface area contributed by atoms with Crippen molar-refractivity contribution in [3.63, 3.8) is 0 Å². The van der Waals surface area contributed by atoms with E-state index < -0.39 is 55.4 Å². The zero-order valence-corrected chi connectivity index (χ0v) is 10.2. The van der Waals surface area contributed by atoms with E-state index in [9.17, 15) is 25.2 Å². The van der Waals surface area contributed by atoms with Gasteiger partial charge in [-0.15, -0.1) is 0 Å². The highest BCUT2D eigenvalue weighted by Gasteiger charge is 2.44. The van der Waals surface area contributed by atoms with Crippen LogP contribution < -0.4 is 5.32 Å². The second-order valence-electron chi connectivity index (χ2n) is 4.47. The molecule has 7 N–H and O–H groups in total. The molecule has 1 aliphatic heterocycles. The SMILES string of the molecule is C[C@@H](O)[C@H](NC1O[C@H](CO)[C@@H](O)[C@H](O)[C@H]1O)C(=O)O. The molecular weight excluding hydrogens is 262 g/mol. The molecule has 1 unspecified atom stereocenters.